The molecular weight excluding hydrogens is 309 g/mol. The van der Waals surface area contributed by atoms with Crippen molar-refractivity contribution in [1.82, 2.24) is 0 Å². The minimum Gasteiger partial charge on any atom is -0.202 e. The lowest BCUT2D eigenvalue weighted by Gasteiger charge is -2.23. The summed E-state index contributed by atoms with van der Waals surface area (Å²) in [4.78, 5) is 0. The highest BCUT2D eigenvalue weighted by atomic mass is 31.1. The fourth-order valence-corrected chi connectivity index (χ4v) is 4.21. The van der Waals surface area contributed by atoms with E-state index in [1.54, 1.807) is 12.1 Å². The van der Waals surface area contributed by atoms with Gasteiger partial charge in [-0.05, 0) is 35.7 Å². The molecule has 0 N–H and O–H groups in total. The molecule has 0 nitrogen and oxygen atoms in total. The average molecular weight is 334 g/mol. The molecule has 0 saturated heterocycles. The van der Waals surface area contributed by atoms with Crippen molar-refractivity contribution in [3.63, 3.8) is 0 Å². The largest absolute Gasteiger partial charge is 0.270 e. The van der Waals surface area contributed by atoms with Gasteiger partial charge in [0, 0.05) is 18.2 Å². The lowest BCUT2D eigenvalue weighted by Crippen LogP contribution is -2.11. The van der Waals surface area contributed by atoms with E-state index in [4.69, 9.17) is 0 Å². The van der Waals surface area contributed by atoms with Gasteiger partial charge in [-0.15, -0.1) is 8.58 Å². The van der Waals surface area contributed by atoms with Gasteiger partial charge in [0.2, 0.25) is 0 Å². The third-order valence-corrected chi connectivity index (χ3v) is 5.82. The molecule has 1 aromatic rings. The van der Waals surface area contributed by atoms with Crippen LogP contribution in [-0.4, -0.2) is 17.7 Å². The zero-order chi connectivity index (χ0) is 17.0. The predicted octanol–water partition coefficient (Wildman–Crippen LogP) is 6.55. The van der Waals surface area contributed by atoms with E-state index in [9.17, 15) is 8.78 Å². The molecule has 1 aliphatic rings. The lowest BCUT2D eigenvalue weighted by atomic mass is 9.91. The van der Waals surface area contributed by atoms with E-state index in [0.29, 0.717) is 11.2 Å². The first-order valence-electron chi connectivity index (χ1n) is 8.18. The van der Waals surface area contributed by atoms with Crippen LogP contribution in [0.25, 0.3) is 11.1 Å². The van der Waals surface area contributed by atoms with E-state index < -0.39 is 5.92 Å². The van der Waals surface area contributed by atoms with Gasteiger partial charge < -0.3 is 0 Å². The summed E-state index contributed by atoms with van der Waals surface area (Å²) in [6, 6.07) is 7.33. The van der Waals surface area contributed by atoms with E-state index >= 15 is 0 Å². The summed E-state index contributed by atoms with van der Waals surface area (Å²) >= 11 is 0. The van der Waals surface area contributed by atoms with E-state index in [0.717, 1.165) is 33.9 Å². The summed E-state index contributed by atoms with van der Waals surface area (Å²) in [6.45, 7) is 8.85. The van der Waals surface area contributed by atoms with E-state index in [1.807, 2.05) is 12.1 Å². The van der Waals surface area contributed by atoms with Gasteiger partial charge >= 0.3 is 0 Å². The first-order chi connectivity index (χ1) is 10.9. The van der Waals surface area contributed by atoms with Crippen LogP contribution in [0.3, 0.4) is 0 Å². The van der Waals surface area contributed by atoms with Gasteiger partial charge in [0.1, 0.15) is 0 Å². The molecule has 124 valence electrons. The monoisotopic (exact) mass is 334 g/mol. The summed E-state index contributed by atoms with van der Waals surface area (Å²) in [7, 11) is 0.979. The Bertz CT molecular complexity index is 618. The molecule has 0 fully saturated rings. The minimum absolute atomic E-state index is 0.129. The molecule has 2 rings (SSSR count). The van der Waals surface area contributed by atoms with Crippen LogP contribution in [0.5, 0.6) is 0 Å². The average Bonchev–Trinajstić information content (AvgIpc) is 2.54. The molecule has 0 aliphatic heterocycles. The van der Waals surface area contributed by atoms with E-state index in [-0.39, 0.29) is 5.57 Å². The standard InChI is InChI=1S/C20H25F2P/c1-5-15-13-18(11-12-19(15)23-6-2)17-9-7-16(8-10-17)14(3)20(4,21)22/h7-11,13,19,23H,3,5-6,12H2,1-2,4H3. The van der Waals surface area contributed by atoms with Gasteiger partial charge in [0.15, 0.2) is 0 Å². The highest BCUT2D eigenvalue weighted by Gasteiger charge is 2.26. The summed E-state index contributed by atoms with van der Waals surface area (Å²) in [5.74, 6) is -2.88. The normalized spacial score (nSPS) is 18.9. The van der Waals surface area contributed by atoms with Crippen molar-refractivity contribution in [1.29, 1.82) is 0 Å². The van der Waals surface area contributed by atoms with Gasteiger partial charge in [-0.25, -0.2) is 8.78 Å². The molecule has 0 spiro atoms. The van der Waals surface area contributed by atoms with Crippen LogP contribution < -0.4 is 0 Å². The molecule has 1 aliphatic carbocycles. The van der Waals surface area contributed by atoms with E-state index in [1.165, 1.54) is 17.3 Å². The lowest BCUT2D eigenvalue weighted by molar-refractivity contribution is 0.0896. The van der Waals surface area contributed by atoms with Crippen molar-refractivity contribution in [3.8, 4) is 0 Å². The maximum absolute atomic E-state index is 13.3. The Kier molecular flexibility index (Phi) is 5.92. The Morgan fingerprint density at radius 2 is 1.91 bits per heavy atom. The number of allylic oxidation sites excluding steroid dienone is 5. The first-order valence-corrected chi connectivity index (χ1v) is 9.47. The Morgan fingerprint density at radius 3 is 2.43 bits per heavy atom. The summed E-state index contributed by atoms with van der Waals surface area (Å²) in [6.07, 6.45) is 7.96. The molecule has 0 amide bonds. The van der Waals surface area contributed by atoms with Crippen LogP contribution in [0, 0.1) is 0 Å². The summed E-state index contributed by atoms with van der Waals surface area (Å²) in [5, 5.41) is 0. The SMILES string of the molecule is C=C(c1ccc(C2=CCC(PCC)C(CC)=C2)cc1)C(C)(F)F. The van der Waals surface area contributed by atoms with Gasteiger partial charge in [0.05, 0.1) is 0 Å². The maximum Gasteiger partial charge on any atom is 0.270 e. The van der Waals surface area contributed by atoms with Gasteiger partial charge in [-0.1, -0.05) is 62.4 Å². The molecule has 3 heteroatoms. The minimum atomic E-state index is -2.88. The second kappa shape index (κ2) is 7.53. The quantitative estimate of drug-likeness (QED) is 0.518. The molecular formula is C20H25F2P. The van der Waals surface area contributed by atoms with Crippen molar-refractivity contribution < 1.29 is 8.78 Å². The number of hydrogen-bond acceptors (Lipinski definition) is 0. The zero-order valence-corrected chi connectivity index (χ0v) is 15.1. The fraction of sp³-hybridized carbons (Fsp3) is 0.400. The van der Waals surface area contributed by atoms with Crippen molar-refractivity contribution in [2.24, 2.45) is 0 Å². The summed E-state index contributed by atoms with van der Waals surface area (Å²) in [5.41, 5.74) is 4.87. The second-order valence-electron chi connectivity index (χ2n) is 6.02. The molecule has 2 unspecified atom stereocenters. The van der Waals surface area contributed by atoms with Gasteiger partial charge in [-0.2, -0.15) is 0 Å². The molecule has 0 radical (unpaired) electrons. The molecule has 2 atom stereocenters. The van der Waals surface area contributed by atoms with Gasteiger partial charge in [0.25, 0.3) is 5.92 Å². The molecule has 0 heterocycles. The summed E-state index contributed by atoms with van der Waals surface area (Å²) < 4.78 is 26.7. The molecule has 23 heavy (non-hydrogen) atoms. The number of benzene rings is 1. The van der Waals surface area contributed by atoms with E-state index in [2.05, 4.69) is 32.6 Å². The number of alkyl halides is 2. The highest BCUT2D eigenvalue weighted by Crippen LogP contribution is 2.37. The number of rotatable bonds is 6. The first kappa shape index (κ1) is 18.1. The van der Waals surface area contributed by atoms with Crippen LogP contribution in [0.1, 0.15) is 44.7 Å². The fourth-order valence-electron chi connectivity index (χ4n) is 2.88. The van der Waals surface area contributed by atoms with Crippen LogP contribution in [-0.2, 0) is 0 Å². The van der Waals surface area contributed by atoms with Crippen molar-refractivity contribution in [2.45, 2.75) is 45.2 Å². The maximum atomic E-state index is 13.3. The molecule has 0 aromatic heterocycles. The van der Waals surface area contributed by atoms with Crippen molar-refractivity contribution >= 4 is 19.7 Å². The molecule has 0 saturated carbocycles. The topological polar surface area (TPSA) is 0 Å². The smallest absolute Gasteiger partial charge is 0.202 e. The van der Waals surface area contributed by atoms with Crippen LogP contribution >= 0.6 is 8.58 Å². The second-order valence-corrected chi connectivity index (χ2v) is 7.83. The van der Waals surface area contributed by atoms with Gasteiger partial charge in [-0.3, -0.25) is 0 Å². The van der Waals surface area contributed by atoms with Crippen molar-refractivity contribution in [3.05, 3.63) is 59.7 Å². The molecule has 1 aromatic carbocycles. The Labute approximate surface area is 140 Å². The van der Waals surface area contributed by atoms with Crippen molar-refractivity contribution in [2.75, 3.05) is 6.16 Å². The predicted molar refractivity (Wildman–Crippen MR) is 99.7 cm³/mol. The molecule has 0 bridgehead atoms. The Morgan fingerprint density at radius 1 is 1.26 bits per heavy atom. The van der Waals surface area contributed by atoms with Crippen LogP contribution in [0.2, 0.25) is 0 Å². The third kappa shape index (κ3) is 4.38. The highest BCUT2D eigenvalue weighted by molar-refractivity contribution is 7.39. The number of halogens is 2. The van der Waals surface area contributed by atoms with Crippen LogP contribution in [0.15, 0.2) is 48.6 Å². The third-order valence-electron chi connectivity index (χ3n) is 4.32. The Balaban J connectivity index is 2.20. The Hall–Kier alpha value is -1.27. The number of hydrogen-bond donors (Lipinski definition) is 0. The zero-order valence-electron chi connectivity index (χ0n) is 14.1. The van der Waals surface area contributed by atoms with Crippen LogP contribution in [0.4, 0.5) is 8.78 Å².